The minimum atomic E-state index is -0.223. The highest BCUT2D eigenvalue weighted by molar-refractivity contribution is 7.15. The molecule has 0 unspecified atom stereocenters. The van der Waals surface area contributed by atoms with Crippen LogP contribution in [0, 0.1) is 0 Å². The zero-order chi connectivity index (χ0) is 17.1. The number of hydrogen-bond donors (Lipinski definition) is 1. The van der Waals surface area contributed by atoms with Crippen LogP contribution in [-0.4, -0.2) is 26.9 Å². The molecule has 124 valence electrons. The Morgan fingerprint density at radius 1 is 1.24 bits per heavy atom. The lowest BCUT2D eigenvalue weighted by atomic mass is 10.1. The topological polar surface area (TPSA) is 68.5 Å². The highest BCUT2D eigenvalue weighted by Gasteiger charge is 2.07. The van der Waals surface area contributed by atoms with Gasteiger partial charge in [0.15, 0.2) is 11.6 Å². The summed E-state index contributed by atoms with van der Waals surface area (Å²) in [5.74, 6) is 0.340. The lowest BCUT2D eigenvalue weighted by Crippen LogP contribution is -2.20. The van der Waals surface area contributed by atoms with Crippen molar-refractivity contribution >= 4 is 27.9 Å². The lowest BCUT2D eigenvalue weighted by molar-refractivity contribution is -0.118. The maximum Gasteiger partial charge on any atom is 0.262 e. The predicted molar refractivity (Wildman–Crippen MR) is 96.9 cm³/mol. The molecule has 0 saturated heterocycles. The summed E-state index contributed by atoms with van der Waals surface area (Å²) in [5, 5.41) is 4.80. The number of rotatable bonds is 5. The quantitative estimate of drug-likeness (QED) is 0.598. The van der Waals surface area contributed by atoms with E-state index in [-0.39, 0.29) is 12.5 Å². The molecule has 0 radical (unpaired) electrons. The van der Waals surface area contributed by atoms with Crippen LogP contribution in [0.2, 0.25) is 0 Å². The fraction of sp³-hybridized carbons (Fsp3) is 0.0556. The minimum Gasteiger partial charge on any atom is -0.482 e. The van der Waals surface area contributed by atoms with Gasteiger partial charge in [0.2, 0.25) is 0 Å². The van der Waals surface area contributed by atoms with E-state index in [0.29, 0.717) is 11.4 Å². The van der Waals surface area contributed by atoms with Crippen molar-refractivity contribution in [2.45, 2.75) is 0 Å². The fourth-order valence-corrected chi connectivity index (χ4v) is 3.07. The van der Waals surface area contributed by atoms with E-state index in [1.54, 1.807) is 35.9 Å². The van der Waals surface area contributed by atoms with Crippen LogP contribution in [0.15, 0.2) is 66.6 Å². The van der Waals surface area contributed by atoms with Gasteiger partial charge in [-0.1, -0.05) is 12.1 Å². The Morgan fingerprint density at radius 2 is 2.12 bits per heavy atom. The third-order valence-corrected chi connectivity index (χ3v) is 4.33. The summed E-state index contributed by atoms with van der Waals surface area (Å²) in [6, 6.07) is 11.1. The van der Waals surface area contributed by atoms with Gasteiger partial charge in [-0.25, -0.2) is 4.98 Å². The van der Waals surface area contributed by atoms with Crippen molar-refractivity contribution < 1.29 is 9.53 Å². The van der Waals surface area contributed by atoms with Gasteiger partial charge < -0.3 is 10.1 Å². The van der Waals surface area contributed by atoms with Gasteiger partial charge in [-0.3, -0.25) is 14.2 Å². The van der Waals surface area contributed by atoms with Crippen LogP contribution in [-0.2, 0) is 4.79 Å². The molecule has 1 N–H and O–H groups in total. The summed E-state index contributed by atoms with van der Waals surface area (Å²) in [6.45, 7) is -0.0647. The molecular formula is C18H14N4O2S. The highest BCUT2D eigenvalue weighted by atomic mass is 32.1. The van der Waals surface area contributed by atoms with E-state index in [2.05, 4.69) is 15.3 Å². The Balaban J connectivity index is 1.38. The number of ether oxygens (including phenoxy) is 1. The number of thiazole rings is 1. The van der Waals surface area contributed by atoms with Crippen LogP contribution in [0.3, 0.4) is 0 Å². The van der Waals surface area contributed by atoms with E-state index in [1.807, 2.05) is 46.4 Å². The molecule has 0 aliphatic rings. The predicted octanol–water partition coefficient (Wildman–Crippen LogP) is 3.48. The maximum absolute atomic E-state index is 12.0. The van der Waals surface area contributed by atoms with Gasteiger partial charge >= 0.3 is 0 Å². The molecule has 6 nitrogen and oxygen atoms in total. The summed E-state index contributed by atoms with van der Waals surface area (Å²) in [7, 11) is 0. The van der Waals surface area contributed by atoms with E-state index in [9.17, 15) is 4.79 Å². The van der Waals surface area contributed by atoms with Crippen molar-refractivity contribution in [1.82, 2.24) is 14.4 Å². The van der Waals surface area contributed by atoms with Crippen LogP contribution in [0.25, 0.3) is 16.2 Å². The van der Waals surface area contributed by atoms with Crippen molar-refractivity contribution in [3.8, 4) is 17.0 Å². The van der Waals surface area contributed by atoms with Gasteiger partial charge in [0.1, 0.15) is 5.75 Å². The number of carbonyl (C=O) groups excluding carboxylic acids is 1. The average Bonchev–Trinajstić information content (AvgIpc) is 3.24. The normalized spacial score (nSPS) is 10.7. The third kappa shape index (κ3) is 3.51. The van der Waals surface area contributed by atoms with Crippen LogP contribution in [0.4, 0.5) is 5.69 Å². The van der Waals surface area contributed by atoms with Crippen LogP contribution >= 0.6 is 11.3 Å². The van der Waals surface area contributed by atoms with Crippen LogP contribution in [0.5, 0.6) is 5.75 Å². The lowest BCUT2D eigenvalue weighted by Gasteiger charge is -2.07. The van der Waals surface area contributed by atoms with E-state index in [0.717, 1.165) is 16.2 Å². The standard InChI is InChI=1S/C18H14N4O2S/c23-17(12-24-15-2-1-7-19-10-15)20-14-5-3-13(4-6-14)16-11-22-8-9-25-18(22)21-16/h1-11H,12H2,(H,20,23). The number of fused-ring (bicyclic) bond motifs is 1. The smallest absolute Gasteiger partial charge is 0.262 e. The van der Waals surface area contributed by atoms with Gasteiger partial charge in [-0.2, -0.15) is 0 Å². The second kappa shape index (κ2) is 6.74. The van der Waals surface area contributed by atoms with Gasteiger partial charge in [0.05, 0.1) is 11.9 Å². The first-order valence-corrected chi connectivity index (χ1v) is 8.51. The van der Waals surface area contributed by atoms with Crippen LogP contribution < -0.4 is 10.1 Å². The molecule has 0 spiro atoms. The van der Waals surface area contributed by atoms with Gasteiger partial charge in [0.25, 0.3) is 5.91 Å². The van der Waals surface area contributed by atoms with Crippen molar-refractivity contribution in [2.24, 2.45) is 0 Å². The second-order valence-corrected chi connectivity index (χ2v) is 6.19. The summed E-state index contributed by atoms with van der Waals surface area (Å²) in [6.07, 6.45) is 7.19. The Labute approximate surface area is 147 Å². The van der Waals surface area contributed by atoms with Crippen molar-refractivity contribution in [3.05, 3.63) is 66.6 Å². The van der Waals surface area contributed by atoms with E-state index < -0.39 is 0 Å². The number of pyridine rings is 1. The number of nitrogens with zero attached hydrogens (tertiary/aromatic N) is 3. The fourth-order valence-electron chi connectivity index (χ4n) is 2.37. The molecule has 1 amide bonds. The molecule has 25 heavy (non-hydrogen) atoms. The molecule has 0 aliphatic carbocycles. The van der Waals surface area contributed by atoms with Crippen molar-refractivity contribution in [2.75, 3.05) is 11.9 Å². The van der Waals surface area contributed by atoms with E-state index in [1.165, 1.54) is 0 Å². The average molecular weight is 350 g/mol. The monoisotopic (exact) mass is 350 g/mol. The Hall–Kier alpha value is -3.19. The molecule has 4 aromatic rings. The van der Waals surface area contributed by atoms with E-state index >= 15 is 0 Å². The molecule has 0 aliphatic heterocycles. The largest absolute Gasteiger partial charge is 0.482 e. The third-order valence-electron chi connectivity index (χ3n) is 3.56. The van der Waals surface area contributed by atoms with Crippen LogP contribution in [0.1, 0.15) is 0 Å². The number of imidazole rings is 1. The zero-order valence-corrected chi connectivity index (χ0v) is 13.9. The summed E-state index contributed by atoms with van der Waals surface area (Å²) < 4.78 is 7.36. The SMILES string of the molecule is O=C(COc1cccnc1)Nc1ccc(-c2cn3ccsc3n2)cc1. The van der Waals surface area contributed by atoms with Gasteiger partial charge in [0, 0.05) is 35.2 Å². The molecular weight excluding hydrogens is 336 g/mol. The number of nitrogens with one attached hydrogen (secondary N) is 1. The van der Waals surface area contributed by atoms with Crippen molar-refractivity contribution in [1.29, 1.82) is 0 Å². The first-order chi connectivity index (χ1) is 12.3. The number of anilines is 1. The summed E-state index contributed by atoms with van der Waals surface area (Å²) in [4.78, 5) is 21.4. The molecule has 0 bridgehead atoms. The van der Waals surface area contributed by atoms with Crippen molar-refractivity contribution in [3.63, 3.8) is 0 Å². The molecule has 0 atom stereocenters. The summed E-state index contributed by atoms with van der Waals surface area (Å²) in [5.41, 5.74) is 2.62. The Bertz CT molecular complexity index is 964. The van der Waals surface area contributed by atoms with E-state index in [4.69, 9.17) is 4.74 Å². The molecule has 0 fully saturated rings. The number of carbonyl (C=O) groups is 1. The first-order valence-electron chi connectivity index (χ1n) is 7.63. The molecule has 4 rings (SSSR count). The first kappa shape index (κ1) is 15.3. The number of amides is 1. The molecule has 3 aromatic heterocycles. The number of aromatic nitrogens is 3. The number of benzene rings is 1. The Kier molecular flexibility index (Phi) is 4.14. The van der Waals surface area contributed by atoms with Gasteiger partial charge in [-0.15, -0.1) is 11.3 Å². The minimum absolute atomic E-state index is 0.0647. The maximum atomic E-state index is 12.0. The molecule has 0 saturated carbocycles. The second-order valence-electron chi connectivity index (χ2n) is 5.32. The summed E-state index contributed by atoms with van der Waals surface area (Å²) >= 11 is 1.59. The molecule has 1 aromatic carbocycles. The molecule has 3 heterocycles. The zero-order valence-electron chi connectivity index (χ0n) is 13.1. The highest BCUT2D eigenvalue weighted by Crippen LogP contribution is 2.23. The number of hydrogen-bond acceptors (Lipinski definition) is 5. The Morgan fingerprint density at radius 3 is 2.88 bits per heavy atom. The van der Waals surface area contributed by atoms with Gasteiger partial charge in [-0.05, 0) is 24.3 Å². The molecule has 7 heteroatoms.